The Morgan fingerprint density at radius 2 is 1.95 bits per heavy atom. The number of methoxy groups -OCH3 is 1. The maximum absolute atomic E-state index is 8.90. The van der Waals surface area contributed by atoms with Crippen molar-refractivity contribution < 1.29 is 14.7 Å². The Bertz CT molecular complexity index is 294. The summed E-state index contributed by atoms with van der Waals surface area (Å²) in [4.78, 5) is 4.69. The molecule has 0 aromatic heterocycles. The highest BCUT2D eigenvalue weighted by Gasteiger charge is 2.25. The minimum Gasteiger partial charge on any atom is -0.409 e. The number of hydrogen-bond acceptors (Lipinski definition) is 6. The second-order valence-corrected chi connectivity index (χ2v) is 5.31. The van der Waals surface area contributed by atoms with Crippen molar-refractivity contribution in [1.82, 2.24) is 9.80 Å². The summed E-state index contributed by atoms with van der Waals surface area (Å²) in [5, 5.41) is 12.1. The highest BCUT2D eigenvalue weighted by molar-refractivity contribution is 5.85. The SMILES string of the molecule is CCCC(C(N)=NO)N1CCN(CCOCCOC)CC1. The Kier molecular flexibility index (Phi) is 9.32. The van der Waals surface area contributed by atoms with Crippen molar-refractivity contribution in [2.45, 2.75) is 25.8 Å². The summed E-state index contributed by atoms with van der Waals surface area (Å²) in [6.45, 7) is 8.97. The number of rotatable bonds is 10. The van der Waals surface area contributed by atoms with Crippen molar-refractivity contribution in [3.63, 3.8) is 0 Å². The van der Waals surface area contributed by atoms with Crippen LogP contribution in [0.2, 0.25) is 0 Å². The van der Waals surface area contributed by atoms with Gasteiger partial charge in [-0.2, -0.15) is 0 Å². The van der Waals surface area contributed by atoms with Gasteiger partial charge in [-0.1, -0.05) is 18.5 Å². The molecule has 1 aliphatic rings. The molecule has 1 saturated heterocycles. The molecule has 124 valence electrons. The molecule has 0 amide bonds. The fraction of sp³-hybridized carbons (Fsp3) is 0.929. The van der Waals surface area contributed by atoms with Crippen molar-refractivity contribution in [3.8, 4) is 0 Å². The molecule has 1 heterocycles. The van der Waals surface area contributed by atoms with Gasteiger partial charge >= 0.3 is 0 Å². The Labute approximate surface area is 127 Å². The van der Waals surface area contributed by atoms with Crippen LogP contribution in [0.25, 0.3) is 0 Å². The zero-order valence-electron chi connectivity index (χ0n) is 13.3. The second-order valence-electron chi connectivity index (χ2n) is 5.31. The van der Waals surface area contributed by atoms with E-state index in [9.17, 15) is 0 Å². The van der Waals surface area contributed by atoms with Crippen molar-refractivity contribution in [3.05, 3.63) is 0 Å². The lowest BCUT2D eigenvalue weighted by Crippen LogP contribution is -2.54. The van der Waals surface area contributed by atoms with Crippen molar-refractivity contribution in [2.24, 2.45) is 10.9 Å². The van der Waals surface area contributed by atoms with Crippen molar-refractivity contribution >= 4 is 5.84 Å². The summed E-state index contributed by atoms with van der Waals surface area (Å²) >= 11 is 0. The normalized spacial score (nSPS) is 19.8. The summed E-state index contributed by atoms with van der Waals surface area (Å²) in [6.07, 6.45) is 1.95. The van der Waals surface area contributed by atoms with Crippen LogP contribution in [0.3, 0.4) is 0 Å². The van der Waals surface area contributed by atoms with Crippen LogP contribution >= 0.6 is 0 Å². The van der Waals surface area contributed by atoms with E-state index in [1.165, 1.54) is 0 Å². The second kappa shape index (κ2) is 10.8. The number of ether oxygens (including phenoxy) is 2. The molecule has 3 N–H and O–H groups in total. The third kappa shape index (κ3) is 6.60. The zero-order chi connectivity index (χ0) is 15.5. The number of nitrogens with zero attached hydrogens (tertiary/aromatic N) is 3. The van der Waals surface area contributed by atoms with E-state index in [0.29, 0.717) is 19.0 Å². The van der Waals surface area contributed by atoms with Crippen LogP contribution in [0.1, 0.15) is 19.8 Å². The molecule has 0 aromatic rings. The fourth-order valence-electron chi connectivity index (χ4n) is 2.59. The van der Waals surface area contributed by atoms with Gasteiger partial charge in [0.05, 0.1) is 25.9 Å². The van der Waals surface area contributed by atoms with Crippen LogP contribution in [0.4, 0.5) is 0 Å². The lowest BCUT2D eigenvalue weighted by Gasteiger charge is -2.38. The molecule has 0 bridgehead atoms. The first-order valence-electron chi connectivity index (χ1n) is 7.73. The number of amidine groups is 1. The van der Waals surface area contributed by atoms with Gasteiger partial charge in [-0.05, 0) is 6.42 Å². The van der Waals surface area contributed by atoms with E-state index in [0.717, 1.165) is 52.2 Å². The average Bonchev–Trinajstić information content (AvgIpc) is 2.52. The zero-order valence-corrected chi connectivity index (χ0v) is 13.3. The smallest absolute Gasteiger partial charge is 0.156 e. The molecule has 1 unspecified atom stereocenters. The van der Waals surface area contributed by atoms with Crippen molar-refractivity contribution in [2.75, 3.05) is 59.7 Å². The van der Waals surface area contributed by atoms with Gasteiger partial charge in [-0.3, -0.25) is 9.80 Å². The van der Waals surface area contributed by atoms with Crippen LogP contribution < -0.4 is 5.73 Å². The van der Waals surface area contributed by atoms with Crippen LogP contribution in [-0.2, 0) is 9.47 Å². The molecule has 1 fully saturated rings. The van der Waals surface area contributed by atoms with Gasteiger partial charge in [-0.25, -0.2) is 0 Å². The monoisotopic (exact) mass is 302 g/mol. The Hall–Kier alpha value is -0.890. The van der Waals surface area contributed by atoms with E-state index in [2.05, 4.69) is 21.9 Å². The van der Waals surface area contributed by atoms with E-state index in [1.54, 1.807) is 7.11 Å². The van der Waals surface area contributed by atoms with Gasteiger partial charge < -0.3 is 20.4 Å². The number of piperazine rings is 1. The quantitative estimate of drug-likeness (QED) is 0.197. The molecule has 0 saturated carbocycles. The van der Waals surface area contributed by atoms with Crippen LogP contribution in [0.5, 0.6) is 0 Å². The van der Waals surface area contributed by atoms with Gasteiger partial charge in [0.2, 0.25) is 0 Å². The highest BCUT2D eigenvalue weighted by atomic mass is 16.5. The third-order valence-electron chi connectivity index (χ3n) is 3.85. The molecule has 0 aliphatic carbocycles. The summed E-state index contributed by atoms with van der Waals surface area (Å²) in [5.74, 6) is 0.327. The number of hydrogen-bond donors (Lipinski definition) is 2. The molecule has 1 rings (SSSR count). The first-order valence-corrected chi connectivity index (χ1v) is 7.73. The first kappa shape index (κ1) is 18.2. The summed E-state index contributed by atoms with van der Waals surface area (Å²) < 4.78 is 10.4. The predicted octanol–water partition coefficient (Wildman–Crippen LogP) is 0.182. The standard InChI is InChI=1S/C14H30N4O3/c1-3-4-13(14(15)16-19)18-7-5-17(6-8-18)9-10-21-12-11-20-2/h13,19H,3-12H2,1-2H3,(H2,15,16). The minimum atomic E-state index is 0.0557. The third-order valence-corrected chi connectivity index (χ3v) is 3.85. The van der Waals surface area contributed by atoms with Gasteiger partial charge in [0.25, 0.3) is 0 Å². The fourth-order valence-corrected chi connectivity index (χ4v) is 2.59. The summed E-state index contributed by atoms with van der Waals surface area (Å²) in [5.41, 5.74) is 5.81. The van der Waals surface area contributed by atoms with Gasteiger partial charge in [0.15, 0.2) is 5.84 Å². The van der Waals surface area contributed by atoms with E-state index in [-0.39, 0.29) is 6.04 Å². The molecule has 7 nitrogen and oxygen atoms in total. The topological polar surface area (TPSA) is 83.6 Å². The van der Waals surface area contributed by atoms with E-state index < -0.39 is 0 Å². The van der Waals surface area contributed by atoms with Crippen LogP contribution in [0.15, 0.2) is 5.16 Å². The molecule has 21 heavy (non-hydrogen) atoms. The Morgan fingerprint density at radius 1 is 1.24 bits per heavy atom. The molecular formula is C14H30N4O3. The van der Waals surface area contributed by atoms with E-state index in [1.807, 2.05) is 0 Å². The molecule has 1 aliphatic heterocycles. The lowest BCUT2D eigenvalue weighted by molar-refractivity contribution is 0.0432. The Morgan fingerprint density at radius 3 is 2.52 bits per heavy atom. The summed E-state index contributed by atoms with van der Waals surface area (Å²) in [7, 11) is 1.68. The van der Waals surface area contributed by atoms with Crippen molar-refractivity contribution in [1.29, 1.82) is 0 Å². The van der Waals surface area contributed by atoms with Gasteiger partial charge in [0, 0.05) is 39.8 Å². The molecule has 0 radical (unpaired) electrons. The largest absolute Gasteiger partial charge is 0.409 e. The van der Waals surface area contributed by atoms with Crippen LogP contribution in [-0.4, -0.2) is 86.5 Å². The van der Waals surface area contributed by atoms with E-state index in [4.69, 9.17) is 20.4 Å². The Balaban J connectivity index is 2.27. The lowest BCUT2D eigenvalue weighted by atomic mass is 10.1. The van der Waals surface area contributed by atoms with E-state index >= 15 is 0 Å². The summed E-state index contributed by atoms with van der Waals surface area (Å²) in [6, 6.07) is 0.0557. The van der Waals surface area contributed by atoms with Gasteiger partial charge in [0.1, 0.15) is 0 Å². The first-order chi connectivity index (χ1) is 10.2. The highest BCUT2D eigenvalue weighted by Crippen LogP contribution is 2.11. The van der Waals surface area contributed by atoms with Crippen LogP contribution in [0, 0.1) is 0 Å². The molecule has 0 spiro atoms. The average molecular weight is 302 g/mol. The predicted molar refractivity (Wildman–Crippen MR) is 82.8 cm³/mol. The molecule has 7 heteroatoms. The molecule has 1 atom stereocenters. The molecular weight excluding hydrogens is 272 g/mol. The number of oxime groups is 1. The maximum Gasteiger partial charge on any atom is 0.156 e. The van der Waals surface area contributed by atoms with Gasteiger partial charge in [-0.15, -0.1) is 0 Å². The number of nitrogens with two attached hydrogens (primary N) is 1. The molecule has 0 aromatic carbocycles. The minimum absolute atomic E-state index is 0.0557. The maximum atomic E-state index is 8.90.